The molecule has 0 aliphatic heterocycles. The molecule has 0 radical (unpaired) electrons. The first-order valence-electron chi connectivity index (χ1n) is 14.9. The number of nitrogens with one attached hydrogen (secondary N) is 2. The molecule has 0 atom stereocenters. The van der Waals surface area contributed by atoms with Gasteiger partial charge in [-0.3, -0.25) is 14.6 Å². The molecule has 2 N–H and O–H groups in total. The third-order valence-corrected chi connectivity index (χ3v) is 7.89. The van der Waals surface area contributed by atoms with Crippen LogP contribution in [0.5, 0.6) is 23.0 Å². The lowest BCUT2D eigenvalue weighted by molar-refractivity contribution is -0.131. The van der Waals surface area contributed by atoms with E-state index in [0.29, 0.717) is 53.3 Å². The minimum atomic E-state index is -1.28. The number of amides is 2. The van der Waals surface area contributed by atoms with Crippen LogP contribution in [0.2, 0.25) is 0 Å². The monoisotopic (exact) mass is 618 g/mol. The maximum absolute atomic E-state index is 15.3. The number of fused-ring (bicyclic) bond motifs is 1. The van der Waals surface area contributed by atoms with Gasteiger partial charge >= 0.3 is 0 Å². The first-order chi connectivity index (χ1) is 21.8. The predicted molar refractivity (Wildman–Crippen MR) is 168 cm³/mol. The Morgan fingerprint density at radius 1 is 0.867 bits per heavy atom. The fraction of sp³-hybridized carbons (Fsp3) is 0.324. The SMILES string of the molecule is CCN(CC)CCCOc1cc2c(Oc3ccc(NC(=O)C4(C(=O)Nc5ccc(F)cc5)CC4)cc3F)ccnc2cc1OC. The Bertz CT molecular complexity index is 1670. The summed E-state index contributed by atoms with van der Waals surface area (Å²) in [7, 11) is 1.56. The number of rotatable bonds is 14. The lowest BCUT2D eigenvalue weighted by Crippen LogP contribution is -2.35. The number of anilines is 2. The van der Waals surface area contributed by atoms with Crippen molar-refractivity contribution in [3.05, 3.63) is 78.5 Å². The number of halogens is 2. The molecule has 1 saturated carbocycles. The van der Waals surface area contributed by atoms with Crippen molar-refractivity contribution in [1.82, 2.24) is 9.88 Å². The van der Waals surface area contributed by atoms with E-state index in [1.54, 1.807) is 31.5 Å². The molecule has 4 aromatic rings. The van der Waals surface area contributed by atoms with Gasteiger partial charge in [0.15, 0.2) is 23.1 Å². The number of carbonyl (C=O) groups excluding carboxylic acids is 2. The molecule has 2 amide bonds. The van der Waals surface area contributed by atoms with E-state index in [0.717, 1.165) is 32.1 Å². The fourth-order valence-electron chi connectivity index (χ4n) is 5.00. The minimum absolute atomic E-state index is 0.0619. The zero-order chi connectivity index (χ0) is 32.0. The third-order valence-electron chi connectivity index (χ3n) is 7.89. The van der Waals surface area contributed by atoms with Gasteiger partial charge in [-0.2, -0.15) is 0 Å². The molecule has 0 unspecified atom stereocenters. The van der Waals surface area contributed by atoms with E-state index in [2.05, 4.69) is 34.4 Å². The van der Waals surface area contributed by atoms with Gasteiger partial charge in [0, 0.05) is 41.6 Å². The van der Waals surface area contributed by atoms with E-state index in [9.17, 15) is 14.0 Å². The Hall–Kier alpha value is -4.77. The third kappa shape index (κ3) is 7.31. The van der Waals surface area contributed by atoms with Crippen molar-refractivity contribution in [1.29, 1.82) is 0 Å². The highest BCUT2D eigenvalue weighted by Gasteiger charge is 2.56. The number of benzene rings is 3. The maximum atomic E-state index is 15.3. The van der Waals surface area contributed by atoms with E-state index in [1.165, 1.54) is 36.4 Å². The smallest absolute Gasteiger partial charge is 0.240 e. The van der Waals surface area contributed by atoms with Crippen molar-refractivity contribution in [2.75, 3.05) is 44.0 Å². The molecule has 1 aromatic heterocycles. The number of methoxy groups -OCH3 is 1. The molecule has 11 heteroatoms. The number of hydrogen-bond acceptors (Lipinski definition) is 7. The van der Waals surface area contributed by atoms with Crippen LogP contribution in [0.25, 0.3) is 10.9 Å². The summed E-state index contributed by atoms with van der Waals surface area (Å²) in [5.41, 5.74) is -0.139. The summed E-state index contributed by atoms with van der Waals surface area (Å²) in [6.07, 6.45) is 3.09. The van der Waals surface area contributed by atoms with Gasteiger partial charge in [0.05, 0.1) is 19.2 Å². The van der Waals surface area contributed by atoms with Crippen LogP contribution in [0.15, 0.2) is 66.9 Å². The Labute approximate surface area is 260 Å². The number of pyridine rings is 1. The number of aromatic nitrogens is 1. The molecule has 5 rings (SSSR count). The molecule has 3 aromatic carbocycles. The molecule has 1 aliphatic rings. The van der Waals surface area contributed by atoms with Gasteiger partial charge in [0.1, 0.15) is 17.0 Å². The molecule has 45 heavy (non-hydrogen) atoms. The molecule has 9 nitrogen and oxygen atoms in total. The highest BCUT2D eigenvalue weighted by atomic mass is 19.1. The highest BCUT2D eigenvalue weighted by molar-refractivity contribution is 6.16. The molecule has 1 fully saturated rings. The predicted octanol–water partition coefficient (Wildman–Crippen LogP) is 6.78. The second-order valence-corrected chi connectivity index (χ2v) is 10.8. The summed E-state index contributed by atoms with van der Waals surface area (Å²) in [6, 6.07) is 14.5. The number of carbonyl (C=O) groups is 2. The van der Waals surface area contributed by atoms with Gasteiger partial charge in [-0.15, -0.1) is 0 Å². The van der Waals surface area contributed by atoms with Crippen molar-refractivity contribution in [2.45, 2.75) is 33.1 Å². The quantitative estimate of drug-likeness (QED) is 0.119. The summed E-state index contributed by atoms with van der Waals surface area (Å²) in [6.45, 7) is 7.61. The molecule has 236 valence electrons. The lowest BCUT2D eigenvalue weighted by Gasteiger charge is -2.18. The van der Waals surface area contributed by atoms with E-state index in [1.807, 2.05) is 0 Å². The van der Waals surface area contributed by atoms with E-state index < -0.39 is 28.9 Å². The van der Waals surface area contributed by atoms with Gasteiger partial charge in [-0.1, -0.05) is 13.8 Å². The second-order valence-electron chi connectivity index (χ2n) is 10.8. The van der Waals surface area contributed by atoms with Crippen molar-refractivity contribution < 1.29 is 32.6 Å². The molecule has 1 aliphatic carbocycles. The molecular weight excluding hydrogens is 582 g/mol. The second kappa shape index (κ2) is 13.9. The van der Waals surface area contributed by atoms with Crippen molar-refractivity contribution >= 4 is 34.1 Å². The van der Waals surface area contributed by atoms with Crippen molar-refractivity contribution in [3.8, 4) is 23.0 Å². The van der Waals surface area contributed by atoms with Crippen LogP contribution in [-0.2, 0) is 9.59 Å². The highest BCUT2D eigenvalue weighted by Crippen LogP contribution is 2.47. The van der Waals surface area contributed by atoms with Crippen LogP contribution in [-0.4, -0.2) is 55.0 Å². The summed E-state index contributed by atoms with van der Waals surface area (Å²) in [4.78, 5) is 32.6. The van der Waals surface area contributed by atoms with Gasteiger partial charge in [0.2, 0.25) is 11.8 Å². The van der Waals surface area contributed by atoms with Gasteiger partial charge < -0.3 is 29.7 Å². The van der Waals surface area contributed by atoms with Gasteiger partial charge in [-0.05, 0) is 80.9 Å². The maximum Gasteiger partial charge on any atom is 0.240 e. The summed E-state index contributed by atoms with van der Waals surface area (Å²) < 4.78 is 46.0. The van der Waals surface area contributed by atoms with Crippen LogP contribution in [0.3, 0.4) is 0 Å². The van der Waals surface area contributed by atoms with Gasteiger partial charge in [-0.25, -0.2) is 8.78 Å². The average molecular weight is 619 g/mol. The molecule has 0 spiro atoms. The fourth-order valence-corrected chi connectivity index (χ4v) is 5.00. The zero-order valence-corrected chi connectivity index (χ0v) is 25.5. The lowest BCUT2D eigenvalue weighted by atomic mass is 10.0. The normalized spacial score (nSPS) is 13.4. The van der Waals surface area contributed by atoms with E-state index in [-0.39, 0.29) is 11.4 Å². The Morgan fingerprint density at radius 3 is 2.20 bits per heavy atom. The Kier molecular flexibility index (Phi) is 9.77. The summed E-state index contributed by atoms with van der Waals surface area (Å²) >= 11 is 0. The van der Waals surface area contributed by atoms with Crippen LogP contribution in [0.1, 0.15) is 33.1 Å². The van der Waals surface area contributed by atoms with E-state index in [4.69, 9.17) is 14.2 Å². The van der Waals surface area contributed by atoms with Crippen LogP contribution in [0.4, 0.5) is 20.2 Å². The van der Waals surface area contributed by atoms with E-state index >= 15 is 4.39 Å². The first kappa shape index (κ1) is 31.6. The molecule has 0 saturated heterocycles. The van der Waals surface area contributed by atoms with Crippen LogP contribution < -0.4 is 24.8 Å². The van der Waals surface area contributed by atoms with Crippen molar-refractivity contribution in [2.24, 2.45) is 5.41 Å². The van der Waals surface area contributed by atoms with Gasteiger partial charge in [0.25, 0.3) is 0 Å². The molecular formula is C34H36F2N4O5. The van der Waals surface area contributed by atoms with Crippen molar-refractivity contribution in [3.63, 3.8) is 0 Å². The topological polar surface area (TPSA) is 102 Å². The van der Waals surface area contributed by atoms with Crippen LogP contribution >= 0.6 is 0 Å². The molecule has 1 heterocycles. The summed E-state index contributed by atoms with van der Waals surface area (Å²) in [5, 5.41) is 5.90. The first-order valence-corrected chi connectivity index (χ1v) is 14.9. The largest absolute Gasteiger partial charge is 0.493 e. The Balaban J connectivity index is 1.27. The number of hydrogen-bond donors (Lipinski definition) is 2. The number of nitrogens with zero attached hydrogens (tertiary/aromatic N) is 2. The zero-order valence-electron chi connectivity index (χ0n) is 25.5. The molecule has 0 bridgehead atoms. The average Bonchev–Trinajstić information content (AvgIpc) is 3.86. The Morgan fingerprint density at radius 2 is 1.56 bits per heavy atom. The minimum Gasteiger partial charge on any atom is -0.493 e. The number of ether oxygens (including phenoxy) is 3. The van der Waals surface area contributed by atoms with Crippen LogP contribution in [0, 0.1) is 17.0 Å². The standard InChI is InChI=1S/C34H36F2N4O5/c1-4-40(5-2)17-6-18-44-31-20-25-27(21-30(31)43-3)37-16-13-28(25)45-29-12-11-24(19-26(29)36)39-33(42)34(14-15-34)32(41)38-23-9-7-22(35)8-10-23/h7-13,16,19-21H,4-6,14-15,17-18H2,1-3H3,(H,38,41)(H,39,42). The summed E-state index contributed by atoms with van der Waals surface area (Å²) in [5.74, 6) is -0.836.